The molecule has 0 aromatic heterocycles. The van der Waals surface area contributed by atoms with Crippen LogP contribution in [0.4, 0.5) is 5.69 Å². The first-order valence-corrected chi connectivity index (χ1v) is 8.63. The standard InChI is InChI=1S/C20H23N3O2/c21-14-15-10-12-23(13-11-15)20(25)17-6-8-18(9-7-17)22-19(24)16-4-2-1-3-5-16/h1-9,15H,10-14,21H2,(H,22,24). The maximum Gasteiger partial charge on any atom is 0.255 e. The van der Waals surface area contributed by atoms with Gasteiger partial charge in [-0.3, -0.25) is 9.59 Å². The first-order valence-electron chi connectivity index (χ1n) is 8.63. The minimum absolute atomic E-state index is 0.0383. The Kier molecular flexibility index (Phi) is 5.46. The van der Waals surface area contributed by atoms with Crippen LogP contribution in [0.15, 0.2) is 54.6 Å². The summed E-state index contributed by atoms with van der Waals surface area (Å²) in [5.74, 6) is 0.402. The zero-order valence-electron chi connectivity index (χ0n) is 14.2. The van der Waals surface area contributed by atoms with Crippen molar-refractivity contribution in [3.63, 3.8) is 0 Å². The average Bonchev–Trinajstić information content (AvgIpc) is 2.69. The van der Waals surface area contributed by atoms with Gasteiger partial charge in [0, 0.05) is 29.9 Å². The van der Waals surface area contributed by atoms with E-state index in [1.165, 1.54) is 0 Å². The predicted molar refractivity (Wildman–Crippen MR) is 98.5 cm³/mol. The molecule has 0 saturated carbocycles. The molecule has 5 heteroatoms. The van der Waals surface area contributed by atoms with E-state index in [0.29, 0.717) is 29.3 Å². The van der Waals surface area contributed by atoms with Gasteiger partial charge in [-0.1, -0.05) is 18.2 Å². The van der Waals surface area contributed by atoms with Crippen molar-refractivity contribution in [1.29, 1.82) is 0 Å². The van der Waals surface area contributed by atoms with Crippen molar-refractivity contribution >= 4 is 17.5 Å². The largest absolute Gasteiger partial charge is 0.339 e. The van der Waals surface area contributed by atoms with Gasteiger partial charge in [-0.25, -0.2) is 0 Å². The van der Waals surface area contributed by atoms with Gasteiger partial charge in [0.25, 0.3) is 11.8 Å². The molecule has 0 unspecified atom stereocenters. The number of rotatable bonds is 4. The van der Waals surface area contributed by atoms with Crippen molar-refractivity contribution in [3.8, 4) is 0 Å². The van der Waals surface area contributed by atoms with E-state index in [2.05, 4.69) is 5.32 Å². The van der Waals surface area contributed by atoms with E-state index in [4.69, 9.17) is 5.73 Å². The molecule has 1 aliphatic heterocycles. The molecule has 0 aliphatic carbocycles. The molecule has 1 heterocycles. The van der Waals surface area contributed by atoms with Crippen molar-refractivity contribution in [2.24, 2.45) is 11.7 Å². The minimum Gasteiger partial charge on any atom is -0.339 e. The maximum atomic E-state index is 12.6. The number of carbonyl (C=O) groups excluding carboxylic acids is 2. The van der Waals surface area contributed by atoms with Gasteiger partial charge < -0.3 is 16.0 Å². The van der Waals surface area contributed by atoms with Crippen LogP contribution in [-0.4, -0.2) is 36.3 Å². The summed E-state index contributed by atoms with van der Waals surface area (Å²) in [5, 5.41) is 2.84. The molecule has 2 aromatic carbocycles. The molecule has 0 radical (unpaired) electrons. The van der Waals surface area contributed by atoms with Gasteiger partial charge in [0.1, 0.15) is 0 Å². The summed E-state index contributed by atoms with van der Waals surface area (Å²) in [6.07, 6.45) is 1.93. The lowest BCUT2D eigenvalue weighted by Gasteiger charge is -2.31. The van der Waals surface area contributed by atoms with Crippen LogP contribution in [-0.2, 0) is 0 Å². The van der Waals surface area contributed by atoms with Gasteiger partial charge in [0.05, 0.1) is 0 Å². The summed E-state index contributed by atoms with van der Waals surface area (Å²) in [7, 11) is 0. The molecule has 1 aliphatic rings. The molecule has 2 amide bonds. The van der Waals surface area contributed by atoms with Gasteiger partial charge in [-0.15, -0.1) is 0 Å². The molecule has 0 atom stereocenters. The second-order valence-corrected chi connectivity index (χ2v) is 6.37. The highest BCUT2D eigenvalue weighted by atomic mass is 16.2. The topological polar surface area (TPSA) is 75.4 Å². The van der Waals surface area contributed by atoms with E-state index in [1.807, 2.05) is 23.1 Å². The zero-order chi connectivity index (χ0) is 17.6. The van der Waals surface area contributed by atoms with Crippen LogP contribution in [0.1, 0.15) is 33.6 Å². The number of hydrogen-bond acceptors (Lipinski definition) is 3. The van der Waals surface area contributed by atoms with Gasteiger partial charge in [0.2, 0.25) is 0 Å². The van der Waals surface area contributed by atoms with Crippen LogP contribution >= 0.6 is 0 Å². The Morgan fingerprint density at radius 3 is 2.20 bits per heavy atom. The fourth-order valence-corrected chi connectivity index (χ4v) is 3.04. The summed E-state index contributed by atoms with van der Waals surface area (Å²) in [5.41, 5.74) is 7.61. The molecule has 5 nitrogen and oxygen atoms in total. The van der Waals surface area contributed by atoms with E-state index in [1.54, 1.807) is 36.4 Å². The SMILES string of the molecule is NCC1CCN(C(=O)c2ccc(NC(=O)c3ccccc3)cc2)CC1. The summed E-state index contributed by atoms with van der Waals surface area (Å²) in [6.45, 7) is 2.21. The normalized spacial score (nSPS) is 15.0. The van der Waals surface area contributed by atoms with E-state index in [-0.39, 0.29) is 11.8 Å². The molecule has 0 spiro atoms. The second kappa shape index (κ2) is 7.94. The molecule has 3 rings (SSSR count). The highest BCUT2D eigenvalue weighted by Crippen LogP contribution is 2.19. The van der Waals surface area contributed by atoms with Gasteiger partial charge in [-0.05, 0) is 61.7 Å². The third kappa shape index (κ3) is 4.25. The van der Waals surface area contributed by atoms with Crippen LogP contribution in [0.5, 0.6) is 0 Å². The Morgan fingerprint density at radius 1 is 0.960 bits per heavy atom. The molecule has 0 bridgehead atoms. The molecular weight excluding hydrogens is 314 g/mol. The van der Waals surface area contributed by atoms with Crippen molar-refractivity contribution in [3.05, 3.63) is 65.7 Å². The number of nitrogens with zero attached hydrogens (tertiary/aromatic N) is 1. The molecule has 2 aromatic rings. The molecular formula is C20H23N3O2. The number of benzene rings is 2. The number of piperidine rings is 1. The second-order valence-electron chi connectivity index (χ2n) is 6.37. The van der Waals surface area contributed by atoms with Crippen molar-refractivity contribution in [2.45, 2.75) is 12.8 Å². The Labute approximate surface area is 147 Å². The van der Waals surface area contributed by atoms with E-state index < -0.39 is 0 Å². The first-order chi connectivity index (χ1) is 12.2. The molecule has 1 fully saturated rings. The summed E-state index contributed by atoms with van der Waals surface area (Å²) in [4.78, 5) is 26.6. The smallest absolute Gasteiger partial charge is 0.255 e. The quantitative estimate of drug-likeness (QED) is 0.901. The van der Waals surface area contributed by atoms with E-state index in [0.717, 1.165) is 25.9 Å². The molecule has 25 heavy (non-hydrogen) atoms. The van der Waals surface area contributed by atoms with Crippen LogP contribution in [0.3, 0.4) is 0 Å². The van der Waals surface area contributed by atoms with Crippen LogP contribution < -0.4 is 11.1 Å². The third-order valence-corrected chi connectivity index (χ3v) is 4.66. The average molecular weight is 337 g/mol. The van der Waals surface area contributed by atoms with Crippen LogP contribution in [0.2, 0.25) is 0 Å². The number of likely N-dealkylation sites (tertiary alicyclic amines) is 1. The van der Waals surface area contributed by atoms with Crippen molar-refractivity contribution in [2.75, 3.05) is 25.0 Å². The monoisotopic (exact) mass is 337 g/mol. The van der Waals surface area contributed by atoms with E-state index >= 15 is 0 Å². The molecule has 130 valence electrons. The number of amides is 2. The number of hydrogen-bond donors (Lipinski definition) is 2. The lowest BCUT2D eigenvalue weighted by atomic mass is 9.96. The predicted octanol–water partition coefficient (Wildman–Crippen LogP) is 2.75. The Hall–Kier alpha value is -2.66. The third-order valence-electron chi connectivity index (χ3n) is 4.66. The van der Waals surface area contributed by atoms with Crippen LogP contribution in [0.25, 0.3) is 0 Å². The van der Waals surface area contributed by atoms with Gasteiger partial charge >= 0.3 is 0 Å². The van der Waals surface area contributed by atoms with Gasteiger partial charge in [0.15, 0.2) is 0 Å². The number of carbonyl (C=O) groups is 2. The first kappa shape index (κ1) is 17.2. The Bertz CT molecular complexity index is 720. The van der Waals surface area contributed by atoms with Gasteiger partial charge in [-0.2, -0.15) is 0 Å². The fourth-order valence-electron chi connectivity index (χ4n) is 3.04. The van der Waals surface area contributed by atoms with E-state index in [9.17, 15) is 9.59 Å². The lowest BCUT2D eigenvalue weighted by molar-refractivity contribution is 0.0693. The number of anilines is 1. The zero-order valence-corrected chi connectivity index (χ0v) is 14.2. The van der Waals surface area contributed by atoms with Crippen molar-refractivity contribution in [1.82, 2.24) is 4.90 Å². The number of nitrogens with one attached hydrogen (secondary N) is 1. The lowest BCUT2D eigenvalue weighted by Crippen LogP contribution is -2.40. The minimum atomic E-state index is -0.163. The molecule has 1 saturated heterocycles. The van der Waals surface area contributed by atoms with Crippen LogP contribution in [0, 0.1) is 5.92 Å². The summed E-state index contributed by atoms with van der Waals surface area (Å²) < 4.78 is 0. The maximum absolute atomic E-state index is 12.6. The Morgan fingerprint density at radius 2 is 1.60 bits per heavy atom. The highest BCUT2D eigenvalue weighted by molar-refractivity contribution is 6.04. The number of nitrogens with two attached hydrogens (primary N) is 1. The Balaban J connectivity index is 1.60. The fraction of sp³-hybridized carbons (Fsp3) is 0.300. The highest BCUT2D eigenvalue weighted by Gasteiger charge is 2.22. The summed E-state index contributed by atoms with van der Waals surface area (Å²) >= 11 is 0. The summed E-state index contributed by atoms with van der Waals surface area (Å²) in [6, 6.07) is 16.1. The molecule has 3 N–H and O–H groups in total. The van der Waals surface area contributed by atoms with Crippen molar-refractivity contribution < 1.29 is 9.59 Å².